The van der Waals surface area contributed by atoms with E-state index in [1.54, 1.807) is 0 Å². The van der Waals surface area contributed by atoms with E-state index in [9.17, 15) is 9.59 Å². The number of ether oxygens (including phenoxy) is 1. The third-order valence-electron chi connectivity index (χ3n) is 1.96. The van der Waals surface area contributed by atoms with E-state index in [1.807, 2.05) is 0 Å². The molecular weight excluding hydrogens is 224 g/mol. The molecule has 0 bridgehead atoms. The zero-order valence-electron chi connectivity index (χ0n) is 9.21. The number of nitrogens with two attached hydrogens (primary N) is 1. The van der Waals surface area contributed by atoms with Crippen molar-refractivity contribution in [2.75, 3.05) is 12.8 Å². The molecule has 6 nitrogen and oxygen atoms in total. The van der Waals surface area contributed by atoms with Gasteiger partial charge in [-0.2, -0.15) is 0 Å². The summed E-state index contributed by atoms with van der Waals surface area (Å²) in [6.07, 6.45) is 4.11. The van der Waals surface area contributed by atoms with Crippen molar-refractivity contribution in [3.05, 3.63) is 29.5 Å². The molecule has 0 amide bonds. The van der Waals surface area contributed by atoms with Gasteiger partial charge in [0, 0.05) is 11.8 Å². The Balaban J connectivity index is 2.94. The first-order valence-electron chi connectivity index (χ1n) is 4.76. The molecule has 3 N–H and O–H groups in total. The topological polar surface area (TPSA) is 103 Å². The van der Waals surface area contributed by atoms with Crippen LogP contribution in [0.5, 0.6) is 0 Å². The Hall–Kier alpha value is -2.37. The normalized spacial score (nSPS) is 10.4. The summed E-state index contributed by atoms with van der Waals surface area (Å²) in [5.41, 5.74) is 6.33. The number of pyridine rings is 1. The molecule has 0 saturated heterocycles. The van der Waals surface area contributed by atoms with Crippen molar-refractivity contribution in [2.24, 2.45) is 0 Å². The van der Waals surface area contributed by atoms with Crippen molar-refractivity contribution in [1.82, 2.24) is 4.98 Å². The van der Waals surface area contributed by atoms with E-state index in [-0.39, 0.29) is 17.8 Å². The standard InChI is InChI=1S/C11H12N2O4/c1-17-11(16)8-5-7(10(12)13-6-8)3-2-4-9(14)15/h2-3,5-6H,4H2,1H3,(H2,12,13)(H,14,15). The lowest BCUT2D eigenvalue weighted by atomic mass is 10.1. The van der Waals surface area contributed by atoms with Gasteiger partial charge < -0.3 is 15.6 Å². The number of aliphatic carboxylic acids is 1. The number of carboxylic acids is 1. The maximum absolute atomic E-state index is 11.2. The first-order chi connectivity index (χ1) is 8.04. The maximum atomic E-state index is 11.2. The number of methoxy groups -OCH3 is 1. The third-order valence-corrected chi connectivity index (χ3v) is 1.96. The predicted octanol–water partition coefficient (Wildman–Crippen LogP) is 0.938. The zero-order valence-corrected chi connectivity index (χ0v) is 9.21. The molecule has 0 aliphatic heterocycles. The van der Waals surface area contributed by atoms with Gasteiger partial charge in [-0.15, -0.1) is 0 Å². The van der Waals surface area contributed by atoms with Crippen molar-refractivity contribution in [2.45, 2.75) is 6.42 Å². The van der Waals surface area contributed by atoms with Gasteiger partial charge >= 0.3 is 11.9 Å². The number of esters is 1. The van der Waals surface area contributed by atoms with E-state index in [4.69, 9.17) is 10.8 Å². The van der Waals surface area contributed by atoms with Crippen LogP contribution < -0.4 is 5.73 Å². The van der Waals surface area contributed by atoms with Crippen molar-refractivity contribution >= 4 is 23.8 Å². The first kappa shape index (κ1) is 12.7. The summed E-state index contributed by atoms with van der Waals surface area (Å²) in [7, 11) is 1.26. The molecule has 6 heteroatoms. The molecule has 0 fully saturated rings. The summed E-state index contributed by atoms with van der Waals surface area (Å²) >= 11 is 0. The number of anilines is 1. The van der Waals surface area contributed by atoms with Crippen LogP contribution in [0.4, 0.5) is 5.82 Å². The van der Waals surface area contributed by atoms with Gasteiger partial charge in [0.05, 0.1) is 19.1 Å². The fraction of sp³-hybridized carbons (Fsp3) is 0.182. The van der Waals surface area contributed by atoms with Crippen molar-refractivity contribution < 1.29 is 19.4 Å². The average Bonchev–Trinajstić information content (AvgIpc) is 2.30. The second kappa shape index (κ2) is 5.64. The largest absolute Gasteiger partial charge is 0.481 e. The highest BCUT2D eigenvalue weighted by atomic mass is 16.5. The molecule has 90 valence electrons. The fourth-order valence-electron chi connectivity index (χ4n) is 1.14. The maximum Gasteiger partial charge on any atom is 0.339 e. The number of hydrogen-bond acceptors (Lipinski definition) is 5. The number of hydrogen-bond donors (Lipinski definition) is 2. The molecular formula is C11H12N2O4. The summed E-state index contributed by atoms with van der Waals surface area (Å²) in [5.74, 6) is -1.25. The van der Waals surface area contributed by atoms with Gasteiger partial charge in [-0.05, 0) is 6.07 Å². The summed E-state index contributed by atoms with van der Waals surface area (Å²) in [6, 6.07) is 1.49. The van der Waals surface area contributed by atoms with E-state index < -0.39 is 11.9 Å². The fourth-order valence-corrected chi connectivity index (χ4v) is 1.14. The Labute approximate surface area is 97.7 Å². The number of nitrogen functional groups attached to an aromatic ring is 1. The van der Waals surface area contributed by atoms with E-state index >= 15 is 0 Å². The van der Waals surface area contributed by atoms with Gasteiger partial charge in [-0.1, -0.05) is 12.2 Å². The number of carboxylic acid groups (broad SMARTS) is 1. The van der Waals surface area contributed by atoms with Crippen LogP contribution in [-0.4, -0.2) is 29.1 Å². The lowest BCUT2D eigenvalue weighted by molar-refractivity contribution is -0.135. The minimum absolute atomic E-state index is 0.123. The number of carbonyl (C=O) groups is 2. The van der Waals surface area contributed by atoms with Crippen LogP contribution in [0.1, 0.15) is 22.3 Å². The van der Waals surface area contributed by atoms with Gasteiger partial charge in [0.1, 0.15) is 5.82 Å². The van der Waals surface area contributed by atoms with E-state index in [1.165, 1.54) is 31.5 Å². The monoisotopic (exact) mass is 236 g/mol. The van der Waals surface area contributed by atoms with Crippen LogP contribution in [0.15, 0.2) is 18.3 Å². The Bertz CT molecular complexity index is 469. The smallest absolute Gasteiger partial charge is 0.339 e. The number of carbonyl (C=O) groups excluding carboxylic acids is 1. The molecule has 1 rings (SSSR count). The molecule has 1 aromatic rings. The molecule has 0 spiro atoms. The van der Waals surface area contributed by atoms with Gasteiger partial charge in [0.25, 0.3) is 0 Å². The first-order valence-corrected chi connectivity index (χ1v) is 4.76. The van der Waals surface area contributed by atoms with Crippen LogP contribution in [0.25, 0.3) is 6.08 Å². The van der Waals surface area contributed by atoms with Gasteiger partial charge in [-0.25, -0.2) is 9.78 Å². The molecule has 0 aliphatic rings. The molecule has 1 aromatic heterocycles. The highest BCUT2D eigenvalue weighted by molar-refractivity contribution is 5.90. The minimum atomic E-state index is -0.947. The molecule has 17 heavy (non-hydrogen) atoms. The number of aromatic nitrogens is 1. The second-order valence-corrected chi connectivity index (χ2v) is 3.19. The molecule has 0 unspecified atom stereocenters. The average molecular weight is 236 g/mol. The Morgan fingerprint density at radius 1 is 1.59 bits per heavy atom. The molecule has 0 saturated carbocycles. The van der Waals surface area contributed by atoms with Gasteiger partial charge in [0.2, 0.25) is 0 Å². The van der Waals surface area contributed by atoms with Crippen LogP contribution in [0.2, 0.25) is 0 Å². The van der Waals surface area contributed by atoms with E-state index in [0.717, 1.165) is 0 Å². The van der Waals surface area contributed by atoms with Crippen LogP contribution in [0.3, 0.4) is 0 Å². The Kier molecular flexibility index (Phi) is 4.21. The third kappa shape index (κ3) is 3.60. The van der Waals surface area contributed by atoms with Crippen LogP contribution in [-0.2, 0) is 9.53 Å². The Morgan fingerprint density at radius 2 is 2.29 bits per heavy atom. The summed E-state index contributed by atoms with van der Waals surface area (Å²) in [5, 5.41) is 8.47. The molecule has 0 atom stereocenters. The van der Waals surface area contributed by atoms with Crippen molar-refractivity contribution in [3.63, 3.8) is 0 Å². The van der Waals surface area contributed by atoms with Crippen LogP contribution in [0, 0.1) is 0 Å². The van der Waals surface area contributed by atoms with E-state index in [0.29, 0.717) is 5.56 Å². The second-order valence-electron chi connectivity index (χ2n) is 3.19. The lowest BCUT2D eigenvalue weighted by Gasteiger charge is -2.02. The van der Waals surface area contributed by atoms with E-state index in [2.05, 4.69) is 9.72 Å². The highest BCUT2D eigenvalue weighted by Crippen LogP contribution is 2.13. The minimum Gasteiger partial charge on any atom is -0.481 e. The quantitative estimate of drug-likeness (QED) is 0.754. The molecule has 0 radical (unpaired) electrons. The number of rotatable bonds is 4. The summed E-state index contributed by atoms with van der Waals surface area (Å²) < 4.78 is 4.54. The van der Waals surface area contributed by atoms with Crippen molar-refractivity contribution in [1.29, 1.82) is 0 Å². The van der Waals surface area contributed by atoms with Gasteiger partial charge in [0.15, 0.2) is 0 Å². The number of nitrogens with zero attached hydrogens (tertiary/aromatic N) is 1. The Morgan fingerprint density at radius 3 is 2.88 bits per heavy atom. The zero-order chi connectivity index (χ0) is 12.8. The highest BCUT2D eigenvalue weighted by Gasteiger charge is 2.07. The van der Waals surface area contributed by atoms with Crippen LogP contribution >= 0.6 is 0 Å². The lowest BCUT2D eigenvalue weighted by Crippen LogP contribution is -2.04. The molecule has 0 aliphatic carbocycles. The SMILES string of the molecule is COC(=O)c1cnc(N)c(C=CCC(=O)O)c1. The molecule has 0 aromatic carbocycles. The molecule has 1 heterocycles. The van der Waals surface area contributed by atoms with Crippen molar-refractivity contribution in [3.8, 4) is 0 Å². The summed E-state index contributed by atoms with van der Waals surface area (Å²) in [6.45, 7) is 0. The van der Waals surface area contributed by atoms with Gasteiger partial charge in [-0.3, -0.25) is 4.79 Å². The predicted molar refractivity (Wildman–Crippen MR) is 61.3 cm³/mol. The summed E-state index contributed by atoms with van der Waals surface area (Å²) in [4.78, 5) is 25.4.